The van der Waals surface area contributed by atoms with Crippen LogP contribution in [0.1, 0.15) is 0 Å². The molecule has 0 saturated heterocycles. The van der Waals surface area contributed by atoms with Crippen LogP contribution in [-0.4, -0.2) is 18.7 Å². The maximum absolute atomic E-state index is 12.7. The summed E-state index contributed by atoms with van der Waals surface area (Å²) in [5.74, 6) is -0.694. The first-order chi connectivity index (χ1) is 8.99. The monoisotopic (exact) mass is 281 g/mol. The molecule has 0 amide bonds. The molecule has 6 heteroatoms. The van der Waals surface area contributed by atoms with Gasteiger partial charge in [-0.05, 0) is 30.3 Å². The number of hydrogen-bond donors (Lipinski definition) is 0. The summed E-state index contributed by atoms with van der Waals surface area (Å²) in [6, 6.07) is 9.25. The maximum Gasteiger partial charge on any atom is 0.250 e. The number of nitrogens with zero attached hydrogens (tertiary/aromatic N) is 1. The number of aryl methyl sites for hydroxylation is 1. The number of hydrogen-bond acceptors (Lipinski definition) is 3. The van der Waals surface area contributed by atoms with Gasteiger partial charge in [0.15, 0.2) is 9.84 Å². The molecule has 2 aromatic rings. The maximum atomic E-state index is 12.7. The Morgan fingerprint density at radius 2 is 1.74 bits per heavy atom. The summed E-state index contributed by atoms with van der Waals surface area (Å²) in [6.45, 7) is 0.0688. The van der Waals surface area contributed by atoms with E-state index in [1.165, 1.54) is 29.0 Å². The van der Waals surface area contributed by atoms with Crippen LogP contribution >= 0.6 is 0 Å². The van der Waals surface area contributed by atoms with Crippen LogP contribution in [-0.2, 0) is 16.4 Å². The van der Waals surface area contributed by atoms with Gasteiger partial charge in [0.1, 0.15) is 5.82 Å². The number of pyridine rings is 1. The summed E-state index contributed by atoms with van der Waals surface area (Å²) >= 11 is 0. The van der Waals surface area contributed by atoms with E-state index in [1.807, 2.05) is 0 Å². The van der Waals surface area contributed by atoms with Crippen LogP contribution in [0.2, 0.25) is 0 Å². The molecule has 0 aliphatic carbocycles. The summed E-state index contributed by atoms with van der Waals surface area (Å²) in [4.78, 5) is 11.5. The summed E-state index contributed by atoms with van der Waals surface area (Å²) in [5, 5.41) is 0. The van der Waals surface area contributed by atoms with Crippen molar-refractivity contribution in [3.63, 3.8) is 0 Å². The van der Waals surface area contributed by atoms with Crippen LogP contribution in [0.3, 0.4) is 0 Å². The zero-order chi connectivity index (χ0) is 13.9. The Labute approximate surface area is 110 Å². The predicted molar refractivity (Wildman–Crippen MR) is 69.2 cm³/mol. The molecule has 0 atom stereocenters. The van der Waals surface area contributed by atoms with Gasteiger partial charge in [-0.25, -0.2) is 12.8 Å². The van der Waals surface area contributed by atoms with Crippen molar-refractivity contribution in [2.45, 2.75) is 11.4 Å². The Morgan fingerprint density at radius 1 is 1.05 bits per heavy atom. The SMILES string of the molecule is O=c1ccccn1CCS(=O)(=O)c1ccc(F)cc1. The molecule has 0 aliphatic rings. The average molecular weight is 281 g/mol. The molecule has 0 fully saturated rings. The minimum Gasteiger partial charge on any atom is -0.315 e. The Kier molecular flexibility index (Phi) is 3.80. The molecule has 0 saturated carbocycles. The van der Waals surface area contributed by atoms with Gasteiger partial charge in [0, 0.05) is 18.8 Å². The van der Waals surface area contributed by atoms with Crippen molar-refractivity contribution in [3.8, 4) is 0 Å². The molecule has 0 radical (unpaired) electrons. The Hall–Kier alpha value is -1.95. The number of halogens is 1. The van der Waals surface area contributed by atoms with Crippen molar-refractivity contribution in [3.05, 3.63) is 64.8 Å². The van der Waals surface area contributed by atoms with Crippen LogP contribution in [0.4, 0.5) is 4.39 Å². The summed E-state index contributed by atoms with van der Waals surface area (Å²) in [7, 11) is -3.52. The van der Waals surface area contributed by atoms with E-state index in [-0.39, 0.29) is 22.8 Å². The number of aromatic nitrogens is 1. The topological polar surface area (TPSA) is 56.1 Å². The molecule has 1 aromatic heterocycles. The van der Waals surface area contributed by atoms with E-state index in [9.17, 15) is 17.6 Å². The summed E-state index contributed by atoms with van der Waals surface area (Å²) in [5.41, 5.74) is -0.253. The van der Waals surface area contributed by atoms with E-state index in [1.54, 1.807) is 12.1 Å². The first kappa shape index (κ1) is 13.5. The molecule has 0 aliphatic heterocycles. The molecule has 1 aromatic carbocycles. The Bertz CT molecular complexity index is 720. The van der Waals surface area contributed by atoms with E-state index in [2.05, 4.69) is 0 Å². The fraction of sp³-hybridized carbons (Fsp3) is 0.154. The zero-order valence-electron chi connectivity index (χ0n) is 9.99. The second-order valence-corrected chi connectivity index (χ2v) is 6.11. The third-order valence-electron chi connectivity index (χ3n) is 2.67. The Morgan fingerprint density at radius 3 is 2.37 bits per heavy atom. The number of benzene rings is 1. The molecular weight excluding hydrogens is 269 g/mol. The van der Waals surface area contributed by atoms with Crippen LogP contribution in [0, 0.1) is 5.82 Å². The van der Waals surface area contributed by atoms with Gasteiger partial charge in [-0.15, -0.1) is 0 Å². The van der Waals surface area contributed by atoms with Crippen molar-refractivity contribution < 1.29 is 12.8 Å². The highest BCUT2D eigenvalue weighted by Crippen LogP contribution is 2.12. The van der Waals surface area contributed by atoms with Gasteiger partial charge in [-0.1, -0.05) is 6.07 Å². The molecule has 0 bridgehead atoms. The lowest BCUT2D eigenvalue weighted by Crippen LogP contribution is -2.22. The normalized spacial score (nSPS) is 11.4. The highest BCUT2D eigenvalue weighted by atomic mass is 32.2. The van der Waals surface area contributed by atoms with Gasteiger partial charge >= 0.3 is 0 Å². The van der Waals surface area contributed by atoms with Crippen LogP contribution in [0.5, 0.6) is 0 Å². The lowest BCUT2D eigenvalue weighted by molar-refractivity contribution is 0.586. The van der Waals surface area contributed by atoms with Gasteiger partial charge in [0.25, 0.3) is 5.56 Å². The standard InChI is InChI=1S/C13H12FNO3S/c14-11-4-6-12(7-5-11)19(17,18)10-9-15-8-2-1-3-13(15)16/h1-8H,9-10H2. The molecule has 0 spiro atoms. The van der Waals surface area contributed by atoms with Crippen molar-refractivity contribution in [1.82, 2.24) is 4.57 Å². The predicted octanol–water partition coefficient (Wildman–Crippen LogP) is 1.46. The largest absolute Gasteiger partial charge is 0.315 e. The third kappa shape index (κ3) is 3.29. The van der Waals surface area contributed by atoms with E-state index < -0.39 is 15.7 Å². The zero-order valence-corrected chi connectivity index (χ0v) is 10.8. The first-order valence-corrected chi connectivity index (χ1v) is 7.28. The van der Waals surface area contributed by atoms with Crippen molar-refractivity contribution in [1.29, 1.82) is 0 Å². The summed E-state index contributed by atoms with van der Waals surface area (Å²) < 4.78 is 38.0. The molecule has 2 rings (SSSR count). The van der Waals surface area contributed by atoms with Crippen molar-refractivity contribution >= 4 is 9.84 Å². The van der Waals surface area contributed by atoms with Crippen molar-refractivity contribution in [2.24, 2.45) is 0 Å². The van der Waals surface area contributed by atoms with E-state index in [4.69, 9.17) is 0 Å². The quantitative estimate of drug-likeness (QED) is 0.797. The molecular formula is C13H12FNO3S. The minimum absolute atomic E-state index is 0.0536. The van der Waals surface area contributed by atoms with Gasteiger partial charge < -0.3 is 4.57 Å². The van der Waals surface area contributed by atoms with E-state index >= 15 is 0 Å². The van der Waals surface area contributed by atoms with Gasteiger partial charge in [0.2, 0.25) is 0 Å². The lowest BCUT2D eigenvalue weighted by atomic mass is 10.4. The smallest absolute Gasteiger partial charge is 0.250 e. The summed E-state index contributed by atoms with van der Waals surface area (Å²) in [6.07, 6.45) is 1.53. The highest BCUT2D eigenvalue weighted by Gasteiger charge is 2.14. The first-order valence-electron chi connectivity index (χ1n) is 5.63. The number of rotatable bonds is 4. The van der Waals surface area contributed by atoms with Crippen LogP contribution in [0.15, 0.2) is 58.4 Å². The molecule has 0 unspecified atom stereocenters. The lowest BCUT2D eigenvalue weighted by Gasteiger charge is -2.06. The average Bonchev–Trinajstić information content (AvgIpc) is 2.38. The van der Waals surface area contributed by atoms with Gasteiger partial charge in [0.05, 0.1) is 10.6 Å². The minimum atomic E-state index is -3.52. The van der Waals surface area contributed by atoms with Gasteiger partial charge in [-0.3, -0.25) is 4.79 Å². The number of sulfone groups is 1. The molecule has 0 N–H and O–H groups in total. The fourth-order valence-electron chi connectivity index (χ4n) is 1.62. The molecule has 1 heterocycles. The fourth-order valence-corrected chi connectivity index (χ4v) is 2.85. The van der Waals surface area contributed by atoms with E-state index in [0.717, 1.165) is 12.1 Å². The second kappa shape index (κ2) is 5.36. The third-order valence-corrected chi connectivity index (χ3v) is 4.38. The van der Waals surface area contributed by atoms with Crippen LogP contribution < -0.4 is 5.56 Å². The van der Waals surface area contributed by atoms with E-state index in [0.29, 0.717) is 0 Å². The second-order valence-electron chi connectivity index (χ2n) is 4.01. The molecule has 100 valence electrons. The molecule has 4 nitrogen and oxygen atoms in total. The molecule has 19 heavy (non-hydrogen) atoms. The Balaban J connectivity index is 2.17. The highest BCUT2D eigenvalue weighted by molar-refractivity contribution is 7.91. The van der Waals surface area contributed by atoms with Crippen molar-refractivity contribution in [2.75, 3.05) is 5.75 Å². The van der Waals surface area contributed by atoms with Crippen LogP contribution in [0.25, 0.3) is 0 Å². The van der Waals surface area contributed by atoms with Gasteiger partial charge in [-0.2, -0.15) is 0 Å².